The molecule has 2 heterocycles. The average molecular weight is 320 g/mol. The van der Waals surface area contributed by atoms with Crippen molar-refractivity contribution in [2.75, 3.05) is 23.7 Å². The van der Waals surface area contributed by atoms with E-state index in [1.807, 2.05) is 36.4 Å². The molecule has 120 valence electrons. The molecule has 24 heavy (non-hydrogen) atoms. The largest absolute Gasteiger partial charge is 0.327 e. The fraction of sp³-hybridized carbons (Fsp3) is 0.167. The van der Waals surface area contributed by atoms with Gasteiger partial charge in [0.25, 0.3) is 0 Å². The lowest BCUT2D eigenvalue weighted by Crippen LogP contribution is -2.42. The van der Waals surface area contributed by atoms with Crippen LogP contribution in [0.1, 0.15) is 11.1 Å². The maximum absolute atomic E-state index is 12.2. The molecule has 0 radical (unpaired) electrons. The topological polar surface area (TPSA) is 73.8 Å². The first kappa shape index (κ1) is 14.4. The van der Waals surface area contributed by atoms with E-state index in [9.17, 15) is 9.59 Å². The fourth-order valence-electron chi connectivity index (χ4n) is 2.96. The quantitative estimate of drug-likeness (QED) is 0.912. The molecule has 2 aliphatic rings. The molecule has 6 heteroatoms. The summed E-state index contributed by atoms with van der Waals surface area (Å²) < 4.78 is 0. The van der Waals surface area contributed by atoms with E-state index in [1.165, 1.54) is 0 Å². The van der Waals surface area contributed by atoms with Gasteiger partial charge < -0.3 is 10.6 Å². The Bertz CT molecular complexity index is 845. The summed E-state index contributed by atoms with van der Waals surface area (Å²) in [6.07, 6.45) is 0.321. The van der Waals surface area contributed by atoms with Gasteiger partial charge in [0.1, 0.15) is 5.84 Å². The Morgan fingerprint density at radius 2 is 2.04 bits per heavy atom. The van der Waals surface area contributed by atoms with Crippen molar-refractivity contribution in [3.05, 3.63) is 59.7 Å². The zero-order valence-corrected chi connectivity index (χ0v) is 13.0. The van der Waals surface area contributed by atoms with Crippen LogP contribution in [0.5, 0.6) is 0 Å². The number of urea groups is 1. The third kappa shape index (κ3) is 2.62. The number of fused-ring (bicyclic) bond motifs is 3. The zero-order chi connectivity index (χ0) is 16.5. The van der Waals surface area contributed by atoms with Gasteiger partial charge in [-0.05, 0) is 23.8 Å². The molecule has 0 saturated heterocycles. The monoisotopic (exact) mass is 320 g/mol. The smallest absolute Gasteiger partial charge is 0.326 e. The van der Waals surface area contributed by atoms with Gasteiger partial charge in [-0.25, -0.2) is 4.79 Å². The summed E-state index contributed by atoms with van der Waals surface area (Å²) in [6.45, 7) is 1.19. The molecule has 6 nitrogen and oxygen atoms in total. The lowest BCUT2D eigenvalue weighted by atomic mass is 10.1. The maximum atomic E-state index is 12.2. The molecule has 2 aliphatic heterocycles. The van der Waals surface area contributed by atoms with Gasteiger partial charge in [-0.2, -0.15) is 0 Å². The summed E-state index contributed by atoms with van der Waals surface area (Å²) in [5, 5.41) is 5.75. The van der Waals surface area contributed by atoms with Gasteiger partial charge in [0.15, 0.2) is 0 Å². The minimum absolute atomic E-state index is 0.0776. The number of benzene rings is 2. The molecule has 2 aromatic carbocycles. The van der Waals surface area contributed by atoms with Crippen LogP contribution in [0, 0.1) is 0 Å². The number of carbonyl (C=O) groups is 2. The number of hydrogen-bond donors (Lipinski definition) is 2. The third-order valence-corrected chi connectivity index (χ3v) is 4.08. The Morgan fingerprint density at radius 3 is 2.88 bits per heavy atom. The molecule has 0 aromatic heterocycles. The predicted molar refractivity (Wildman–Crippen MR) is 92.3 cm³/mol. The van der Waals surface area contributed by atoms with Gasteiger partial charge in [-0.1, -0.05) is 30.3 Å². The second-order valence-electron chi connectivity index (χ2n) is 5.76. The first-order valence-electron chi connectivity index (χ1n) is 7.82. The van der Waals surface area contributed by atoms with E-state index in [1.54, 1.807) is 17.0 Å². The van der Waals surface area contributed by atoms with E-state index in [0.717, 1.165) is 16.8 Å². The molecule has 2 N–H and O–H groups in total. The highest BCUT2D eigenvalue weighted by Crippen LogP contribution is 2.28. The van der Waals surface area contributed by atoms with Crippen LogP contribution in [0.15, 0.2) is 53.5 Å². The second kappa shape index (κ2) is 5.81. The lowest BCUT2D eigenvalue weighted by molar-refractivity contribution is -0.115. The van der Waals surface area contributed by atoms with E-state index in [2.05, 4.69) is 15.6 Å². The number of aliphatic imine (C=N–C) groups is 1. The molecule has 0 atom stereocenters. The Labute approximate surface area is 139 Å². The first-order valence-corrected chi connectivity index (χ1v) is 7.82. The van der Waals surface area contributed by atoms with Crippen molar-refractivity contribution in [2.45, 2.75) is 6.42 Å². The highest BCUT2D eigenvalue weighted by molar-refractivity contribution is 6.19. The van der Waals surface area contributed by atoms with Crippen LogP contribution in [0.25, 0.3) is 0 Å². The van der Waals surface area contributed by atoms with Crippen LogP contribution in [-0.4, -0.2) is 35.8 Å². The average Bonchev–Trinajstić information content (AvgIpc) is 3.07. The summed E-state index contributed by atoms with van der Waals surface area (Å²) in [5.74, 6) is 0.596. The highest BCUT2D eigenvalue weighted by atomic mass is 16.2. The van der Waals surface area contributed by atoms with Crippen molar-refractivity contribution in [1.82, 2.24) is 4.90 Å². The van der Waals surface area contributed by atoms with Crippen molar-refractivity contribution in [2.24, 2.45) is 4.99 Å². The number of nitrogens with one attached hydrogen (secondary N) is 2. The van der Waals surface area contributed by atoms with E-state index in [0.29, 0.717) is 31.0 Å². The molecule has 0 fully saturated rings. The molecule has 0 unspecified atom stereocenters. The van der Waals surface area contributed by atoms with Crippen molar-refractivity contribution in [3.8, 4) is 0 Å². The summed E-state index contributed by atoms with van der Waals surface area (Å²) in [6, 6.07) is 14.9. The minimum Gasteiger partial charge on any atom is -0.326 e. The van der Waals surface area contributed by atoms with Gasteiger partial charge in [0, 0.05) is 17.8 Å². The SMILES string of the molecule is O=C(Cc1ccccc1)Nc1ccc2c(c1)C1=NCCN1C(=O)N2. The Morgan fingerprint density at radius 1 is 1.21 bits per heavy atom. The molecule has 0 spiro atoms. The maximum Gasteiger partial charge on any atom is 0.327 e. The number of amides is 3. The fourth-order valence-corrected chi connectivity index (χ4v) is 2.96. The normalized spacial score (nSPS) is 15.2. The highest BCUT2D eigenvalue weighted by Gasteiger charge is 2.31. The number of anilines is 2. The number of hydrogen-bond acceptors (Lipinski definition) is 3. The zero-order valence-electron chi connectivity index (χ0n) is 13.0. The number of nitrogens with zero attached hydrogens (tertiary/aromatic N) is 2. The van der Waals surface area contributed by atoms with Gasteiger partial charge in [0.05, 0.1) is 18.7 Å². The van der Waals surface area contributed by atoms with Crippen LogP contribution in [0.2, 0.25) is 0 Å². The summed E-state index contributed by atoms with van der Waals surface area (Å²) in [7, 11) is 0. The van der Waals surface area contributed by atoms with Crippen molar-refractivity contribution in [1.29, 1.82) is 0 Å². The van der Waals surface area contributed by atoms with Crippen molar-refractivity contribution >= 4 is 29.1 Å². The molecule has 3 amide bonds. The molecule has 0 bridgehead atoms. The van der Waals surface area contributed by atoms with E-state index < -0.39 is 0 Å². The van der Waals surface area contributed by atoms with E-state index >= 15 is 0 Å². The van der Waals surface area contributed by atoms with Gasteiger partial charge in [-0.15, -0.1) is 0 Å². The van der Waals surface area contributed by atoms with E-state index in [4.69, 9.17) is 0 Å². The predicted octanol–water partition coefficient (Wildman–Crippen LogP) is 2.48. The van der Waals surface area contributed by atoms with Crippen LogP contribution >= 0.6 is 0 Å². The third-order valence-electron chi connectivity index (χ3n) is 4.08. The Kier molecular flexibility index (Phi) is 3.49. The molecular formula is C18H16N4O2. The molecule has 0 aliphatic carbocycles. The summed E-state index contributed by atoms with van der Waals surface area (Å²) in [5.41, 5.74) is 3.22. The molecule has 2 aromatic rings. The van der Waals surface area contributed by atoms with Gasteiger partial charge in [0.2, 0.25) is 5.91 Å². The molecule has 0 saturated carbocycles. The Hall–Kier alpha value is -3.15. The molecule has 4 rings (SSSR count). The molecular weight excluding hydrogens is 304 g/mol. The van der Waals surface area contributed by atoms with Crippen LogP contribution < -0.4 is 10.6 Å². The summed E-state index contributed by atoms with van der Waals surface area (Å²) >= 11 is 0. The van der Waals surface area contributed by atoms with Crippen LogP contribution in [-0.2, 0) is 11.2 Å². The summed E-state index contributed by atoms with van der Waals surface area (Å²) in [4.78, 5) is 30.2. The van der Waals surface area contributed by atoms with Gasteiger partial charge >= 0.3 is 6.03 Å². The number of amidine groups is 1. The van der Waals surface area contributed by atoms with Crippen molar-refractivity contribution in [3.63, 3.8) is 0 Å². The van der Waals surface area contributed by atoms with Crippen molar-refractivity contribution < 1.29 is 9.59 Å². The number of carbonyl (C=O) groups excluding carboxylic acids is 2. The van der Waals surface area contributed by atoms with Gasteiger partial charge in [-0.3, -0.25) is 14.7 Å². The number of rotatable bonds is 3. The standard InChI is InChI=1S/C18H16N4O2/c23-16(10-12-4-2-1-3-5-12)20-13-6-7-15-14(11-13)17-19-8-9-22(17)18(24)21-15/h1-7,11H,8-10H2,(H,20,23)(H,21,24). The van der Waals surface area contributed by atoms with Crippen LogP contribution in [0.4, 0.5) is 16.2 Å². The first-order chi connectivity index (χ1) is 11.7. The second-order valence-corrected chi connectivity index (χ2v) is 5.76. The lowest BCUT2D eigenvalue weighted by Gasteiger charge is -2.26. The minimum atomic E-state index is -0.153. The van der Waals surface area contributed by atoms with E-state index in [-0.39, 0.29) is 11.9 Å². The Balaban J connectivity index is 1.54. The van der Waals surface area contributed by atoms with Crippen LogP contribution in [0.3, 0.4) is 0 Å².